The molecule has 1 aliphatic rings. The summed E-state index contributed by atoms with van der Waals surface area (Å²) in [7, 11) is 1.78. The van der Waals surface area contributed by atoms with E-state index >= 15 is 0 Å². The lowest BCUT2D eigenvalue weighted by Crippen LogP contribution is -2.34. The minimum atomic E-state index is -0.134. The van der Waals surface area contributed by atoms with Crippen molar-refractivity contribution in [1.82, 2.24) is 0 Å². The fourth-order valence-electron chi connectivity index (χ4n) is 2.45. The van der Waals surface area contributed by atoms with Gasteiger partial charge in [-0.1, -0.05) is 24.3 Å². The molecule has 1 aromatic carbocycles. The Bertz CT molecular complexity index is 371. The lowest BCUT2D eigenvalue weighted by Gasteiger charge is -2.19. The first-order valence-corrected chi connectivity index (χ1v) is 6.32. The first-order chi connectivity index (χ1) is 7.95. The Morgan fingerprint density at radius 2 is 1.82 bits per heavy atom. The molecule has 0 radical (unpaired) electrons. The molecule has 94 valence electrons. The van der Waals surface area contributed by atoms with Gasteiger partial charge in [0.15, 0.2) is 0 Å². The van der Waals surface area contributed by atoms with E-state index in [1.807, 2.05) is 0 Å². The summed E-state index contributed by atoms with van der Waals surface area (Å²) in [6.07, 6.45) is 3.43. The van der Waals surface area contributed by atoms with Crippen LogP contribution in [-0.4, -0.2) is 19.3 Å². The van der Waals surface area contributed by atoms with Gasteiger partial charge in [-0.25, -0.2) is 0 Å². The van der Waals surface area contributed by atoms with E-state index < -0.39 is 0 Å². The van der Waals surface area contributed by atoms with Gasteiger partial charge in [0, 0.05) is 18.1 Å². The number of benzene rings is 1. The van der Waals surface area contributed by atoms with Crippen LogP contribution in [0.25, 0.3) is 0 Å². The summed E-state index contributed by atoms with van der Waals surface area (Å²) in [5.74, 6) is 0. The molecule has 1 aromatic rings. The van der Waals surface area contributed by atoms with Crippen LogP contribution in [0, 0.1) is 0 Å². The summed E-state index contributed by atoms with van der Waals surface area (Å²) >= 11 is 0. The van der Waals surface area contributed by atoms with Gasteiger partial charge in [-0.15, -0.1) is 0 Å². The average molecular weight is 233 g/mol. The maximum absolute atomic E-state index is 6.03. The molecule has 2 rings (SSSR count). The predicted octanol–water partition coefficient (Wildman–Crippen LogP) is 2.64. The molecule has 0 spiro atoms. The Hall–Kier alpha value is -0.860. The lowest BCUT2D eigenvalue weighted by molar-refractivity contribution is 0.171. The van der Waals surface area contributed by atoms with Gasteiger partial charge in [-0.3, -0.25) is 0 Å². The number of hydrogen-bond donors (Lipinski definition) is 1. The van der Waals surface area contributed by atoms with Crippen molar-refractivity contribution >= 4 is 0 Å². The molecule has 17 heavy (non-hydrogen) atoms. The van der Waals surface area contributed by atoms with Gasteiger partial charge in [0.2, 0.25) is 0 Å². The third kappa shape index (κ3) is 3.08. The average Bonchev–Trinajstić information content (AvgIpc) is 2.98. The van der Waals surface area contributed by atoms with Crippen LogP contribution < -0.4 is 5.73 Å². The third-order valence-electron chi connectivity index (χ3n) is 3.50. The normalized spacial score (nSPS) is 18.1. The van der Waals surface area contributed by atoms with Crippen molar-refractivity contribution in [2.24, 2.45) is 5.73 Å². The van der Waals surface area contributed by atoms with E-state index in [0.29, 0.717) is 5.41 Å². The van der Waals surface area contributed by atoms with Gasteiger partial charge >= 0.3 is 0 Å². The molecule has 0 atom stereocenters. The Morgan fingerprint density at radius 1 is 1.24 bits per heavy atom. The van der Waals surface area contributed by atoms with E-state index in [4.69, 9.17) is 10.5 Å². The molecule has 1 saturated carbocycles. The molecular formula is C15H23NO. The summed E-state index contributed by atoms with van der Waals surface area (Å²) in [6.45, 7) is 4.97. The van der Waals surface area contributed by atoms with Gasteiger partial charge in [-0.05, 0) is 44.2 Å². The topological polar surface area (TPSA) is 35.2 Å². The Kier molecular flexibility index (Phi) is 3.28. The van der Waals surface area contributed by atoms with Crippen LogP contribution in [-0.2, 0) is 16.6 Å². The van der Waals surface area contributed by atoms with E-state index in [2.05, 4.69) is 38.1 Å². The van der Waals surface area contributed by atoms with Crippen LogP contribution in [0.4, 0.5) is 0 Å². The highest BCUT2D eigenvalue weighted by atomic mass is 16.5. The SMILES string of the molecule is COCC1(c2ccc(CC(C)(C)N)cc2)CC1. The number of hydrogen-bond acceptors (Lipinski definition) is 2. The molecule has 0 saturated heterocycles. The maximum Gasteiger partial charge on any atom is 0.0559 e. The molecule has 2 heteroatoms. The second kappa shape index (κ2) is 4.43. The molecule has 0 aliphatic heterocycles. The van der Waals surface area contributed by atoms with Crippen LogP contribution in [0.15, 0.2) is 24.3 Å². The van der Waals surface area contributed by atoms with Gasteiger partial charge in [-0.2, -0.15) is 0 Å². The zero-order chi connectivity index (χ0) is 12.5. The van der Waals surface area contributed by atoms with Gasteiger partial charge in [0.1, 0.15) is 0 Å². The minimum absolute atomic E-state index is 0.134. The monoisotopic (exact) mass is 233 g/mol. The van der Waals surface area contributed by atoms with Crippen LogP contribution in [0.5, 0.6) is 0 Å². The maximum atomic E-state index is 6.03. The highest BCUT2D eigenvalue weighted by Gasteiger charge is 2.44. The van der Waals surface area contributed by atoms with Crippen molar-refractivity contribution in [3.05, 3.63) is 35.4 Å². The van der Waals surface area contributed by atoms with Crippen LogP contribution in [0.2, 0.25) is 0 Å². The summed E-state index contributed by atoms with van der Waals surface area (Å²) in [5.41, 5.74) is 8.94. The van der Waals surface area contributed by atoms with Gasteiger partial charge in [0.25, 0.3) is 0 Å². The molecular weight excluding hydrogens is 210 g/mol. The van der Waals surface area contributed by atoms with Gasteiger partial charge in [0.05, 0.1) is 6.61 Å². The lowest BCUT2D eigenvalue weighted by atomic mass is 9.92. The van der Waals surface area contributed by atoms with E-state index in [-0.39, 0.29) is 5.54 Å². The Morgan fingerprint density at radius 3 is 2.24 bits per heavy atom. The van der Waals surface area contributed by atoms with Crippen molar-refractivity contribution in [1.29, 1.82) is 0 Å². The largest absolute Gasteiger partial charge is 0.384 e. The van der Waals surface area contributed by atoms with Crippen molar-refractivity contribution in [2.45, 2.75) is 44.1 Å². The second-order valence-electron chi connectivity index (χ2n) is 6.08. The summed E-state index contributed by atoms with van der Waals surface area (Å²) in [6, 6.07) is 8.90. The molecule has 1 fully saturated rings. The highest BCUT2D eigenvalue weighted by Crippen LogP contribution is 2.48. The Balaban J connectivity index is 2.08. The first kappa shape index (κ1) is 12.6. The number of methoxy groups -OCH3 is 1. The zero-order valence-corrected chi connectivity index (χ0v) is 11.1. The minimum Gasteiger partial charge on any atom is -0.384 e. The molecule has 1 aliphatic carbocycles. The predicted molar refractivity (Wildman–Crippen MR) is 71.2 cm³/mol. The molecule has 0 heterocycles. The summed E-state index contributed by atoms with van der Waals surface area (Å²) in [4.78, 5) is 0. The number of ether oxygens (including phenoxy) is 1. The standard InChI is InChI=1S/C15H23NO/c1-14(2,16)10-12-4-6-13(7-5-12)15(8-9-15)11-17-3/h4-7H,8-11,16H2,1-3H3. The third-order valence-corrected chi connectivity index (χ3v) is 3.50. The summed E-state index contributed by atoms with van der Waals surface area (Å²) < 4.78 is 5.31. The van der Waals surface area contributed by atoms with E-state index in [1.54, 1.807) is 7.11 Å². The second-order valence-corrected chi connectivity index (χ2v) is 6.08. The van der Waals surface area contributed by atoms with Crippen molar-refractivity contribution < 1.29 is 4.74 Å². The van der Waals surface area contributed by atoms with Crippen molar-refractivity contribution in [3.63, 3.8) is 0 Å². The van der Waals surface area contributed by atoms with Crippen LogP contribution >= 0.6 is 0 Å². The molecule has 0 unspecified atom stereocenters. The van der Waals surface area contributed by atoms with Crippen molar-refractivity contribution in [3.8, 4) is 0 Å². The van der Waals surface area contributed by atoms with Crippen LogP contribution in [0.1, 0.15) is 37.8 Å². The fraction of sp³-hybridized carbons (Fsp3) is 0.600. The molecule has 0 amide bonds. The molecule has 2 nitrogen and oxygen atoms in total. The van der Waals surface area contributed by atoms with E-state index in [1.165, 1.54) is 24.0 Å². The first-order valence-electron chi connectivity index (χ1n) is 6.32. The molecule has 0 bridgehead atoms. The molecule has 2 N–H and O–H groups in total. The smallest absolute Gasteiger partial charge is 0.0559 e. The fourth-order valence-corrected chi connectivity index (χ4v) is 2.45. The number of nitrogens with two attached hydrogens (primary N) is 1. The zero-order valence-electron chi connectivity index (χ0n) is 11.1. The number of rotatable bonds is 5. The van der Waals surface area contributed by atoms with Crippen LogP contribution in [0.3, 0.4) is 0 Å². The van der Waals surface area contributed by atoms with E-state index in [9.17, 15) is 0 Å². The van der Waals surface area contributed by atoms with E-state index in [0.717, 1.165) is 13.0 Å². The summed E-state index contributed by atoms with van der Waals surface area (Å²) in [5, 5.41) is 0. The quantitative estimate of drug-likeness (QED) is 0.848. The van der Waals surface area contributed by atoms with Crippen molar-refractivity contribution in [2.75, 3.05) is 13.7 Å². The van der Waals surface area contributed by atoms with Gasteiger partial charge < -0.3 is 10.5 Å². The Labute approximate surface area is 104 Å². The highest BCUT2D eigenvalue weighted by molar-refractivity contribution is 5.34. The molecule has 0 aromatic heterocycles.